The maximum atomic E-state index is 13.4. The minimum Gasteiger partial charge on any atom is -0.494 e. The van der Waals surface area contributed by atoms with Gasteiger partial charge < -0.3 is 30.5 Å². The quantitative estimate of drug-likeness (QED) is 0.576. The number of carbonyl (C=O) groups is 2. The average molecular weight is 534 g/mol. The van der Waals surface area contributed by atoms with Crippen molar-refractivity contribution in [2.75, 3.05) is 47.3 Å². The Kier molecular flexibility index (Phi) is 6.95. The van der Waals surface area contributed by atoms with Crippen molar-refractivity contribution in [3.8, 4) is 5.75 Å². The predicted molar refractivity (Wildman–Crippen MR) is 152 cm³/mol. The van der Waals surface area contributed by atoms with Gasteiger partial charge in [0.15, 0.2) is 5.82 Å². The van der Waals surface area contributed by atoms with Crippen LogP contribution in [0, 0.1) is 11.8 Å². The number of benzene rings is 1. The van der Waals surface area contributed by atoms with Crippen molar-refractivity contribution < 1.29 is 14.3 Å². The number of rotatable bonds is 6. The zero-order valence-corrected chi connectivity index (χ0v) is 22.9. The van der Waals surface area contributed by atoms with E-state index in [1.54, 1.807) is 18.2 Å². The van der Waals surface area contributed by atoms with Crippen molar-refractivity contribution in [3.05, 3.63) is 24.4 Å². The Morgan fingerprint density at radius 1 is 1.08 bits per heavy atom. The lowest BCUT2D eigenvalue weighted by molar-refractivity contribution is -0.123. The van der Waals surface area contributed by atoms with Gasteiger partial charge in [-0.25, -0.2) is 4.98 Å². The number of nitrogens with zero attached hydrogens (tertiary/aromatic N) is 5. The number of ether oxygens (including phenoxy) is 1. The number of hydrogen-bond acceptors (Lipinski definition) is 8. The van der Waals surface area contributed by atoms with Gasteiger partial charge in [-0.1, -0.05) is 19.3 Å². The van der Waals surface area contributed by atoms with E-state index in [4.69, 9.17) is 15.5 Å². The van der Waals surface area contributed by atoms with Crippen LogP contribution in [0.5, 0.6) is 5.75 Å². The molecular weight excluding hydrogens is 494 g/mol. The van der Waals surface area contributed by atoms with E-state index in [9.17, 15) is 9.59 Å². The van der Waals surface area contributed by atoms with E-state index < -0.39 is 0 Å². The molecule has 2 aliphatic heterocycles. The summed E-state index contributed by atoms with van der Waals surface area (Å²) in [6.45, 7) is 1.56. The zero-order valence-electron chi connectivity index (χ0n) is 22.9. The van der Waals surface area contributed by atoms with Gasteiger partial charge >= 0.3 is 0 Å². The Morgan fingerprint density at radius 3 is 2.56 bits per heavy atom. The summed E-state index contributed by atoms with van der Waals surface area (Å²) >= 11 is 0. The van der Waals surface area contributed by atoms with E-state index in [-0.39, 0.29) is 29.7 Å². The van der Waals surface area contributed by atoms with Gasteiger partial charge in [0.05, 0.1) is 24.9 Å². The van der Waals surface area contributed by atoms with Crippen LogP contribution in [0.15, 0.2) is 24.4 Å². The monoisotopic (exact) mass is 533 g/mol. The molecule has 10 heteroatoms. The Balaban J connectivity index is 1.28. The second-order valence-electron chi connectivity index (χ2n) is 11.4. The summed E-state index contributed by atoms with van der Waals surface area (Å²) in [4.78, 5) is 41.1. The number of fused-ring (bicyclic) bond motifs is 2. The number of aromatic nitrogens is 2. The minimum atomic E-state index is -0.210. The molecule has 0 bridgehead atoms. The first-order valence-electron chi connectivity index (χ1n) is 14.4. The van der Waals surface area contributed by atoms with Gasteiger partial charge in [-0.15, -0.1) is 0 Å². The van der Waals surface area contributed by atoms with Gasteiger partial charge in [-0.05, 0) is 50.7 Å². The van der Waals surface area contributed by atoms with Crippen LogP contribution in [0.1, 0.15) is 57.8 Å². The third kappa shape index (κ3) is 4.74. The maximum absolute atomic E-state index is 13.4. The Labute approximate surface area is 229 Å². The minimum absolute atomic E-state index is 0.0156. The number of hydrogen-bond donors (Lipinski definition) is 2. The summed E-state index contributed by atoms with van der Waals surface area (Å²) in [5, 5.41) is 3.39. The number of nitrogens with two attached hydrogens (primary N) is 1. The molecule has 4 aliphatic rings. The predicted octanol–water partition coefficient (Wildman–Crippen LogP) is 3.82. The van der Waals surface area contributed by atoms with E-state index in [1.807, 2.05) is 19.2 Å². The largest absolute Gasteiger partial charge is 0.494 e. The molecule has 2 aliphatic carbocycles. The lowest BCUT2D eigenvalue weighted by Gasteiger charge is -2.36. The van der Waals surface area contributed by atoms with Crippen LogP contribution in [0.25, 0.3) is 0 Å². The number of methoxy groups -OCH3 is 1. The van der Waals surface area contributed by atoms with E-state index in [2.05, 4.69) is 26.2 Å². The molecule has 6 rings (SSSR count). The summed E-state index contributed by atoms with van der Waals surface area (Å²) in [6, 6.07) is 6.65. The fourth-order valence-corrected chi connectivity index (χ4v) is 7.09. The highest BCUT2D eigenvalue weighted by atomic mass is 16.5. The second kappa shape index (κ2) is 10.5. The number of amides is 2. The van der Waals surface area contributed by atoms with Crippen LogP contribution in [0.3, 0.4) is 0 Å². The first-order valence-corrected chi connectivity index (χ1v) is 14.4. The van der Waals surface area contributed by atoms with Crippen molar-refractivity contribution in [1.82, 2.24) is 9.97 Å². The average Bonchev–Trinajstić information content (AvgIpc) is 3.65. The SMILES string of the molecule is COc1cc(N2CCC(C(N)=O)CC2)ccc1Nc1ncc2c(n1)N(C1CCCC1)C1CCCC1C(=O)N2C. The summed E-state index contributed by atoms with van der Waals surface area (Å²) < 4.78 is 5.75. The Bertz CT molecular complexity index is 1240. The zero-order chi connectivity index (χ0) is 27.1. The van der Waals surface area contributed by atoms with Gasteiger partial charge in [0, 0.05) is 49.9 Å². The van der Waals surface area contributed by atoms with Crippen molar-refractivity contribution in [3.63, 3.8) is 0 Å². The third-order valence-electron chi connectivity index (χ3n) is 9.25. The first-order chi connectivity index (χ1) is 18.9. The highest BCUT2D eigenvalue weighted by Crippen LogP contribution is 2.45. The Hall–Kier alpha value is -3.56. The summed E-state index contributed by atoms with van der Waals surface area (Å²) in [5.74, 6) is 1.98. The smallest absolute Gasteiger partial charge is 0.232 e. The maximum Gasteiger partial charge on any atom is 0.232 e. The molecule has 3 heterocycles. The third-order valence-corrected chi connectivity index (χ3v) is 9.25. The molecule has 1 aromatic heterocycles. The lowest BCUT2D eigenvalue weighted by atomic mass is 9.96. The highest BCUT2D eigenvalue weighted by Gasteiger charge is 2.46. The molecule has 2 unspecified atom stereocenters. The van der Waals surface area contributed by atoms with Gasteiger partial charge in [-0.2, -0.15) is 4.98 Å². The van der Waals surface area contributed by atoms with Crippen LogP contribution in [0.4, 0.5) is 28.8 Å². The van der Waals surface area contributed by atoms with Gasteiger partial charge in [0.25, 0.3) is 0 Å². The van der Waals surface area contributed by atoms with Crippen molar-refractivity contribution in [2.45, 2.75) is 69.9 Å². The number of carbonyl (C=O) groups excluding carboxylic acids is 2. The molecule has 208 valence electrons. The molecule has 2 aromatic rings. The summed E-state index contributed by atoms with van der Waals surface area (Å²) in [7, 11) is 3.52. The van der Waals surface area contributed by atoms with E-state index in [0.29, 0.717) is 17.7 Å². The first kappa shape index (κ1) is 25.7. The van der Waals surface area contributed by atoms with Crippen LogP contribution < -0.4 is 30.5 Å². The number of nitrogens with one attached hydrogen (secondary N) is 1. The van der Waals surface area contributed by atoms with Crippen LogP contribution in [-0.4, -0.2) is 61.1 Å². The molecule has 2 amide bonds. The van der Waals surface area contributed by atoms with Gasteiger partial charge in [0.1, 0.15) is 11.4 Å². The second-order valence-corrected chi connectivity index (χ2v) is 11.4. The summed E-state index contributed by atoms with van der Waals surface area (Å²) in [5.41, 5.74) is 8.11. The summed E-state index contributed by atoms with van der Waals surface area (Å²) in [6.07, 6.45) is 11.1. The molecule has 3 fully saturated rings. The lowest BCUT2D eigenvalue weighted by Crippen LogP contribution is -2.46. The molecule has 2 atom stereocenters. The fraction of sp³-hybridized carbons (Fsp3) is 0.586. The fourth-order valence-electron chi connectivity index (χ4n) is 7.09. The van der Waals surface area contributed by atoms with Crippen LogP contribution >= 0.6 is 0 Å². The van der Waals surface area contributed by atoms with Gasteiger partial charge in [0.2, 0.25) is 17.8 Å². The van der Waals surface area contributed by atoms with E-state index >= 15 is 0 Å². The molecule has 1 aromatic carbocycles. The van der Waals surface area contributed by atoms with Crippen LogP contribution in [0.2, 0.25) is 0 Å². The van der Waals surface area contributed by atoms with Crippen molar-refractivity contribution >= 4 is 40.6 Å². The standard InChI is InChI=1S/C29H39N7O3/c1-34-24-17-31-29(33-27(24)36(19-6-3-4-7-19)23-9-5-8-21(23)28(34)38)32-22-11-10-20(16-25(22)39-2)35-14-12-18(13-15-35)26(30)37/h10-11,16-19,21,23H,3-9,12-15H2,1-2H3,(H2,30,37)(H,31,32,33). The molecule has 0 radical (unpaired) electrons. The van der Waals surface area contributed by atoms with Gasteiger partial charge in [-0.3, -0.25) is 9.59 Å². The Morgan fingerprint density at radius 2 is 1.85 bits per heavy atom. The molecule has 3 N–H and O–H groups in total. The molecule has 39 heavy (non-hydrogen) atoms. The molecule has 1 saturated heterocycles. The normalized spacial score (nSPS) is 23.9. The highest BCUT2D eigenvalue weighted by molar-refractivity contribution is 5.99. The van der Waals surface area contributed by atoms with E-state index in [0.717, 1.165) is 80.9 Å². The van der Waals surface area contributed by atoms with Crippen molar-refractivity contribution in [2.24, 2.45) is 17.6 Å². The topological polar surface area (TPSA) is 117 Å². The number of primary amides is 1. The van der Waals surface area contributed by atoms with Crippen molar-refractivity contribution in [1.29, 1.82) is 0 Å². The molecular formula is C29H39N7O3. The number of piperidine rings is 1. The van der Waals surface area contributed by atoms with E-state index in [1.165, 1.54) is 12.8 Å². The molecule has 10 nitrogen and oxygen atoms in total. The van der Waals surface area contributed by atoms with Crippen LogP contribution in [-0.2, 0) is 9.59 Å². The molecule has 0 spiro atoms. The molecule has 2 saturated carbocycles. The number of anilines is 5.